The first-order valence-corrected chi connectivity index (χ1v) is 6.55. The highest BCUT2D eigenvalue weighted by Crippen LogP contribution is 2.07. The van der Waals surface area contributed by atoms with Crippen LogP contribution in [0.1, 0.15) is 46.5 Å². The van der Waals surface area contributed by atoms with E-state index in [1.54, 1.807) is 6.92 Å². The number of esters is 1. The molecule has 0 bridgehead atoms. The van der Waals surface area contributed by atoms with E-state index in [1.807, 2.05) is 13.8 Å². The average Bonchev–Trinajstić information content (AvgIpc) is 2.31. The summed E-state index contributed by atoms with van der Waals surface area (Å²) in [6, 6.07) is -0.0867. The molecule has 1 amide bonds. The SMILES string of the molecule is CCOC(=O)CN(C(=O)CCCCC(=O)O)C(C)C. The zero-order valence-electron chi connectivity index (χ0n) is 11.8. The molecule has 0 aromatic carbocycles. The number of unbranched alkanes of at least 4 members (excludes halogenated alkanes) is 1. The molecule has 0 fully saturated rings. The lowest BCUT2D eigenvalue weighted by Gasteiger charge is -2.25. The fraction of sp³-hybridized carbons (Fsp3) is 0.769. The number of hydrogen-bond donors (Lipinski definition) is 1. The van der Waals surface area contributed by atoms with Crippen LogP contribution in [0.2, 0.25) is 0 Å². The van der Waals surface area contributed by atoms with Gasteiger partial charge in [0.25, 0.3) is 0 Å². The van der Waals surface area contributed by atoms with Gasteiger partial charge < -0.3 is 14.7 Å². The Balaban J connectivity index is 4.18. The molecule has 0 aliphatic rings. The minimum absolute atomic E-state index is 0.0523. The van der Waals surface area contributed by atoms with Crippen molar-refractivity contribution in [2.45, 2.75) is 52.5 Å². The van der Waals surface area contributed by atoms with Gasteiger partial charge in [-0.15, -0.1) is 0 Å². The van der Waals surface area contributed by atoms with E-state index in [0.717, 1.165) is 0 Å². The van der Waals surface area contributed by atoms with Crippen molar-refractivity contribution in [1.29, 1.82) is 0 Å². The number of aliphatic carboxylic acids is 1. The number of amides is 1. The maximum absolute atomic E-state index is 11.9. The molecule has 6 nitrogen and oxygen atoms in total. The molecule has 0 saturated heterocycles. The quantitative estimate of drug-likeness (QED) is 0.507. The van der Waals surface area contributed by atoms with Crippen molar-refractivity contribution in [3.8, 4) is 0 Å². The predicted octanol–water partition coefficient (Wildman–Crippen LogP) is 1.43. The lowest BCUT2D eigenvalue weighted by molar-refractivity contribution is -0.150. The van der Waals surface area contributed by atoms with E-state index in [0.29, 0.717) is 12.8 Å². The normalized spacial score (nSPS) is 10.3. The van der Waals surface area contributed by atoms with Crippen LogP contribution in [0.5, 0.6) is 0 Å². The minimum Gasteiger partial charge on any atom is -0.481 e. The van der Waals surface area contributed by atoms with Crippen LogP contribution in [-0.2, 0) is 19.1 Å². The molecule has 0 aromatic heterocycles. The van der Waals surface area contributed by atoms with Crippen molar-refractivity contribution in [1.82, 2.24) is 4.90 Å². The number of carboxylic acids is 1. The molecule has 0 rings (SSSR count). The summed E-state index contributed by atoms with van der Waals surface area (Å²) in [4.78, 5) is 35.1. The van der Waals surface area contributed by atoms with Crippen molar-refractivity contribution in [2.24, 2.45) is 0 Å². The molecule has 19 heavy (non-hydrogen) atoms. The van der Waals surface area contributed by atoms with E-state index in [2.05, 4.69) is 0 Å². The van der Waals surface area contributed by atoms with Gasteiger partial charge in [-0.25, -0.2) is 0 Å². The van der Waals surface area contributed by atoms with Gasteiger partial charge in [0.05, 0.1) is 6.61 Å². The fourth-order valence-corrected chi connectivity index (χ4v) is 1.60. The number of carbonyl (C=O) groups is 3. The Hall–Kier alpha value is -1.59. The Bertz CT molecular complexity index is 314. The van der Waals surface area contributed by atoms with E-state index in [-0.39, 0.29) is 37.9 Å². The third kappa shape index (κ3) is 8.18. The first-order valence-electron chi connectivity index (χ1n) is 6.55. The van der Waals surface area contributed by atoms with E-state index in [1.165, 1.54) is 4.90 Å². The molecular weight excluding hydrogens is 250 g/mol. The molecule has 0 aliphatic carbocycles. The minimum atomic E-state index is -0.861. The van der Waals surface area contributed by atoms with Gasteiger partial charge in [-0.1, -0.05) is 0 Å². The number of rotatable bonds is 9. The van der Waals surface area contributed by atoms with Gasteiger partial charge >= 0.3 is 11.9 Å². The summed E-state index contributed by atoms with van der Waals surface area (Å²) in [6.45, 7) is 5.61. The van der Waals surface area contributed by atoms with E-state index < -0.39 is 11.9 Å². The van der Waals surface area contributed by atoms with Crippen molar-refractivity contribution >= 4 is 17.8 Å². The summed E-state index contributed by atoms with van der Waals surface area (Å²) < 4.78 is 4.82. The van der Waals surface area contributed by atoms with Crippen LogP contribution in [0.15, 0.2) is 0 Å². The lowest BCUT2D eigenvalue weighted by atomic mass is 10.1. The van der Waals surface area contributed by atoms with Crippen LogP contribution >= 0.6 is 0 Å². The Morgan fingerprint density at radius 3 is 2.21 bits per heavy atom. The van der Waals surface area contributed by atoms with E-state index in [9.17, 15) is 14.4 Å². The molecule has 0 aliphatic heterocycles. The summed E-state index contributed by atoms with van der Waals surface area (Å²) in [7, 11) is 0. The molecule has 0 spiro atoms. The van der Waals surface area contributed by atoms with Gasteiger partial charge in [0.2, 0.25) is 5.91 Å². The number of carboxylic acid groups (broad SMARTS) is 1. The van der Waals surface area contributed by atoms with Gasteiger partial charge in [0, 0.05) is 18.9 Å². The zero-order chi connectivity index (χ0) is 14.8. The number of nitrogens with zero attached hydrogens (tertiary/aromatic N) is 1. The lowest BCUT2D eigenvalue weighted by Crippen LogP contribution is -2.41. The molecule has 1 N–H and O–H groups in total. The first-order chi connectivity index (χ1) is 8.88. The van der Waals surface area contributed by atoms with Gasteiger partial charge in [0.1, 0.15) is 6.54 Å². The van der Waals surface area contributed by atoms with Crippen molar-refractivity contribution in [3.05, 3.63) is 0 Å². The van der Waals surface area contributed by atoms with Crippen LogP contribution in [0, 0.1) is 0 Å². The largest absolute Gasteiger partial charge is 0.481 e. The van der Waals surface area contributed by atoms with Gasteiger partial charge in [-0.3, -0.25) is 14.4 Å². The highest BCUT2D eigenvalue weighted by molar-refractivity contribution is 5.82. The van der Waals surface area contributed by atoms with Crippen LogP contribution in [0.4, 0.5) is 0 Å². The number of carbonyl (C=O) groups excluding carboxylic acids is 2. The fourth-order valence-electron chi connectivity index (χ4n) is 1.60. The second-order valence-electron chi connectivity index (χ2n) is 4.52. The second kappa shape index (κ2) is 9.35. The monoisotopic (exact) mass is 273 g/mol. The number of hydrogen-bond acceptors (Lipinski definition) is 4. The molecule has 0 saturated carbocycles. The molecule has 0 radical (unpaired) electrons. The Morgan fingerprint density at radius 2 is 1.74 bits per heavy atom. The molecule has 0 heterocycles. The standard InChI is InChI=1S/C13H23NO5/c1-4-19-13(18)9-14(10(2)3)11(15)7-5-6-8-12(16)17/h10H,4-9H2,1-3H3,(H,16,17). The van der Waals surface area contributed by atoms with Crippen molar-refractivity contribution < 1.29 is 24.2 Å². The van der Waals surface area contributed by atoms with Gasteiger partial charge in [0.15, 0.2) is 0 Å². The number of ether oxygens (including phenoxy) is 1. The maximum Gasteiger partial charge on any atom is 0.325 e. The molecule has 110 valence electrons. The van der Waals surface area contributed by atoms with Crippen LogP contribution in [-0.4, -0.2) is 47.0 Å². The van der Waals surface area contributed by atoms with Crippen LogP contribution in [0.3, 0.4) is 0 Å². The summed E-state index contributed by atoms with van der Waals surface area (Å²) in [5.74, 6) is -1.43. The molecule has 0 unspecified atom stereocenters. The average molecular weight is 273 g/mol. The van der Waals surface area contributed by atoms with Crippen molar-refractivity contribution in [2.75, 3.05) is 13.2 Å². The van der Waals surface area contributed by atoms with Gasteiger partial charge in [-0.05, 0) is 33.6 Å². The smallest absolute Gasteiger partial charge is 0.325 e. The van der Waals surface area contributed by atoms with E-state index >= 15 is 0 Å². The Kier molecular flexibility index (Phi) is 8.57. The molecule has 0 atom stereocenters. The summed E-state index contributed by atoms with van der Waals surface area (Å²) >= 11 is 0. The summed E-state index contributed by atoms with van der Waals surface area (Å²) in [6.07, 6.45) is 1.29. The summed E-state index contributed by atoms with van der Waals surface area (Å²) in [5.41, 5.74) is 0. The highest BCUT2D eigenvalue weighted by Gasteiger charge is 2.20. The first kappa shape index (κ1) is 17.4. The molecular formula is C13H23NO5. The molecule has 6 heteroatoms. The van der Waals surface area contributed by atoms with Gasteiger partial charge in [-0.2, -0.15) is 0 Å². The highest BCUT2D eigenvalue weighted by atomic mass is 16.5. The van der Waals surface area contributed by atoms with E-state index in [4.69, 9.17) is 9.84 Å². The summed E-state index contributed by atoms with van der Waals surface area (Å²) in [5, 5.41) is 8.50. The topological polar surface area (TPSA) is 83.9 Å². The predicted molar refractivity (Wildman–Crippen MR) is 69.6 cm³/mol. The van der Waals surface area contributed by atoms with Crippen LogP contribution in [0.25, 0.3) is 0 Å². The maximum atomic E-state index is 11.9. The third-order valence-electron chi connectivity index (χ3n) is 2.58. The Labute approximate surface area is 113 Å². The molecule has 0 aromatic rings. The zero-order valence-corrected chi connectivity index (χ0v) is 11.8. The van der Waals surface area contributed by atoms with Crippen molar-refractivity contribution in [3.63, 3.8) is 0 Å². The third-order valence-corrected chi connectivity index (χ3v) is 2.58. The second-order valence-corrected chi connectivity index (χ2v) is 4.52. The Morgan fingerprint density at radius 1 is 1.16 bits per heavy atom. The van der Waals surface area contributed by atoms with Crippen LogP contribution < -0.4 is 0 Å².